The molecule has 118 valence electrons. The van der Waals surface area contributed by atoms with Crippen LogP contribution in [0.5, 0.6) is 0 Å². The van der Waals surface area contributed by atoms with Gasteiger partial charge in [0.1, 0.15) is 18.1 Å². The number of carboxylic acids is 1. The summed E-state index contributed by atoms with van der Waals surface area (Å²) in [5, 5.41) is 13.6. The molecule has 0 unspecified atom stereocenters. The highest BCUT2D eigenvalue weighted by molar-refractivity contribution is 6.07. The lowest BCUT2D eigenvalue weighted by Crippen LogP contribution is -2.51. The van der Waals surface area contributed by atoms with Crippen LogP contribution in [-0.4, -0.2) is 51.9 Å². The summed E-state index contributed by atoms with van der Waals surface area (Å²) < 4.78 is 0. The summed E-state index contributed by atoms with van der Waals surface area (Å²) in [6, 6.07) is -1.67. The molecule has 0 spiro atoms. The minimum Gasteiger partial charge on any atom is -0.480 e. The molecule has 1 atom stereocenters. The van der Waals surface area contributed by atoms with Crippen molar-refractivity contribution in [3.63, 3.8) is 0 Å². The van der Waals surface area contributed by atoms with E-state index in [0.29, 0.717) is 0 Å². The second kappa shape index (κ2) is 6.11. The first-order chi connectivity index (χ1) is 9.55. The molecule has 4 amide bonds. The summed E-state index contributed by atoms with van der Waals surface area (Å²) in [6.45, 7) is 6.36. The second-order valence-corrected chi connectivity index (χ2v) is 5.99. The SMILES string of the molecule is CC(C)C[C@H](NC(=O)CN1C(=O)NC(=O)C1(C)C)C(=O)O. The van der Waals surface area contributed by atoms with Crippen molar-refractivity contribution >= 4 is 23.8 Å². The van der Waals surface area contributed by atoms with Gasteiger partial charge in [0.25, 0.3) is 5.91 Å². The molecule has 0 saturated carbocycles. The van der Waals surface area contributed by atoms with Crippen LogP contribution in [0, 0.1) is 5.92 Å². The molecule has 3 N–H and O–H groups in total. The molecule has 0 aromatic heterocycles. The van der Waals surface area contributed by atoms with Crippen molar-refractivity contribution in [3.8, 4) is 0 Å². The lowest BCUT2D eigenvalue weighted by Gasteiger charge is -2.27. The quantitative estimate of drug-likeness (QED) is 0.594. The Kier molecular flexibility index (Phi) is 4.93. The Morgan fingerprint density at radius 1 is 1.33 bits per heavy atom. The molecule has 0 aromatic rings. The number of amides is 4. The molecule has 0 aliphatic carbocycles. The lowest BCUT2D eigenvalue weighted by molar-refractivity contribution is -0.142. The van der Waals surface area contributed by atoms with Crippen molar-refractivity contribution in [1.82, 2.24) is 15.5 Å². The third-order valence-corrected chi connectivity index (χ3v) is 3.34. The number of rotatable bonds is 6. The van der Waals surface area contributed by atoms with Crippen LogP contribution in [0.2, 0.25) is 0 Å². The maximum Gasteiger partial charge on any atom is 0.326 e. The highest BCUT2D eigenvalue weighted by Crippen LogP contribution is 2.20. The van der Waals surface area contributed by atoms with E-state index in [1.165, 1.54) is 13.8 Å². The van der Waals surface area contributed by atoms with Gasteiger partial charge in [0.05, 0.1) is 0 Å². The molecule has 1 aliphatic rings. The molecule has 1 heterocycles. The van der Waals surface area contributed by atoms with Crippen LogP contribution >= 0.6 is 0 Å². The summed E-state index contributed by atoms with van der Waals surface area (Å²) in [7, 11) is 0. The number of nitrogens with zero attached hydrogens (tertiary/aromatic N) is 1. The summed E-state index contributed by atoms with van der Waals surface area (Å²) in [5.41, 5.74) is -1.13. The van der Waals surface area contributed by atoms with E-state index in [1.54, 1.807) is 0 Å². The first-order valence-corrected chi connectivity index (χ1v) is 6.71. The topological polar surface area (TPSA) is 116 Å². The van der Waals surface area contributed by atoms with Crippen LogP contribution in [-0.2, 0) is 14.4 Å². The molecule has 1 aliphatic heterocycles. The van der Waals surface area contributed by atoms with E-state index in [9.17, 15) is 19.2 Å². The van der Waals surface area contributed by atoms with E-state index >= 15 is 0 Å². The maximum absolute atomic E-state index is 11.9. The number of carbonyl (C=O) groups excluding carboxylic acids is 3. The highest BCUT2D eigenvalue weighted by atomic mass is 16.4. The van der Waals surface area contributed by atoms with Gasteiger partial charge in [-0.25, -0.2) is 9.59 Å². The zero-order valence-electron chi connectivity index (χ0n) is 12.6. The highest BCUT2D eigenvalue weighted by Gasteiger charge is 2.46. The molecule has 0 radical (unpaired) electrons. The van der Waals surface area contributed by atoms with Gasteiger partial charge in [0.15, 0.2) is 0 Å². The zero-order valence-corrected chi connectivity index (χ0v) is 12.6. The molecule has 8 heteroatoms. The predicted octanol–water partition coefficient (Wildman–Crippen LogP) is -0.0677. The van der Waals surface area contributed by atoms with Gasteiger partial charge in [-0.15, -0.1) is 0 Å². The van der Waals surface area contributed by atoms with Crippen LogP contribution in [0.1, 0.15) is 34.1 Å². The Balaban J connectivity index is 2.70. The normalized spacial score (nSPS) is 18.6. The number of hydrogen-bond acceptors (Lipinski definition) is 4. The number of urea groups is 1. The first-order valence-electron chi connectivity index (χ1n) is 6.71. The Morgan fingerprint density at radius 3 is 2.29 bits per heavy atom. The van der Waals surface area contributed by atoms with E-state index in [4.69, 9.17) is 5.11 Å². The fourth-order valence-corrected chi connectivity index (χ4v) is 2.04. The molecule has 1 rings (SSSR count). The van der Waals surface area contributed by atoms with Gasteiger partial charge in [0, 0.05) is 0 Å². The van der Waals surface area contributed by atoms with Gasteiger partial charge in [-0.05, 0) is 26.2 Å². The van der Waals surface area contributed by atoms with E-state index in [0.717, 1.165) is 4.90 Å². The van der Waals surface area contributed by atoms with Crippen molar-refractivity contribution in [3.05, 3.63) is 0 Å². The zero-order chi connectivity index (χ0) is 16.4. The molecule has 1 saturated heterocycles. The number of nitrogens with one attached hydrogen (secondary N) is 2. The van der Waals surface area contributed by atoms with Crippen molar-refractivity contribution in [2.75, 3.05) is 6.54 Å². The van der Waals surface area contributed by atoms with Crippen LogP contribution in [0.15, 0.2) is 0 Å². The smallest absolute Gasteiger partial charge is 0.326 e. The van der Waals surface area contributed by atoms with Crippen LogP contribution in [0.4, 0.5) is 4.79 Å². The summed E-state index contributed by atoms with van der Waals surface area (Å²) in [4.78, 5) is 47.3. The Bertz CT molecular complexity index is 472. The van der Waals surface area contributed by atoms with Crippen LogP contribution < -0.4 is 10.6 Å². The van der Waals surface area contributed by atoms with E-state index in [1.807, 2.05) is 13.8 Å². The Labute approximate surface area is 122 Å². The van der Waals surface area contributed by atoms with Crippen molar-refractivity contribution in [1.29, 1.82) is 0 Å². The number of carbonyl (C=O) groups is 4. The summed E-state index contributed by atoms with van der Waals surface area (Å²) in [6.07, 6.45) is 0.287. The minimum atomic E-state index is -1.13. The van der Waals surface area contributed by atoms with Crippen molar-refractivity contribution in [2.24, 2.45) is 5.92 Å². The molecule has 1 fully saturated rings. The standard InChI is InChI=1S/C13H21N3O5/c1-7(2)5-8(10(18)19)14-9(17)6-16-12(21)15-11(20)13(16,3)4/h7-8H,5-6H2,1-4H3,(H,14,17)(H,18,19)(H,15,20,21)/t8-/m0/s1. The van der Waals surface area contributed by atoms with E-state index < -0.39 is 35.4 Å². The fourth-order valence-electron chi connectivity index (χ4n) is 2.04. The summed E-state index contributed by atoms with van der Waals surface area (Å²) in [5.74, 6) is -2.13. The van der Waals surface area contributed by atoms with Gasteiger partial charge < -0.3 is 15.3 Å². The lowest BCUT2D eigenvalue weighted by atomic mass is 10.0. The number of imide groups is 1. The molecule has 0 bridgehead atoms. The minimum absolute atomic E-state index is 0.0968. The molecule has 8 nitrogen and oxygen atoms in total. The molecular formula is C13H21N3O5. The first kappa shape index (κ1) is 16.9. The van der Waals surface area contributed by atoms with Crippen LogP contribution in [0.3, 0.4) is 0 Å². The van der Waals surface area contributed by atoms with Crippen LogP contribution in [0.25, 0.3) is 0 Å². The maximum atomic E-state index is 11.9. The van der Waals surface area contributed by atoms with E-state index in [2.05, 4.69) is 10.6 Å². The number of aliphatic carboxylic acids is 1. The summed E-state index contributed by atoms with van der Waals surface area (Å²) >= 11 is 0. The largest absolute Gasteiger partial charge is 0.480 e. The fraction of sp³-hybridized carbons (Fsp3) is 0.692. The molecular weight excluding hydrogens is 278 g/mol. The monoisotopic (exact) mass is 299 g/mol. The molecule has 0 aromatic carbocycles. The number of carboxylic acid groups (broad SMARTS) is 1. The van der Waals surface area contributed by atoms with E-state index in [-0.39, 0.29) is 18.9 Å². The van der Waals surface area contributed by atoms with Crippen molar-refractivity contribution in [2.45, 2.75) is 45.7 Å². The average Bonchev–Trinajstić information content (AvgIpc) is 2.50. The Hall–Kier alpha value is -2.12. The van der Waals surface area contributed by atoms with Crippen molar-refractivity contribution < 1.29 is 24.3 Å². The predicted molar refractivity (Wildman–Crippen MR) is 73.3 cm³/mol. The number of hydrogen-bond donors (Lipinski definition) is 3. The van der Waals surface area contributed by atoms with Gasteiger partial charge in [-0.2, -0.15) is 0 Å². The average molecular weight is 299 g/mol. The second-order valence-electron chi connectivity index (χ2n) is 5.99. The van der Waals surface area contributed by atoms with Gasteiger partial charge in [0.2, 0.25) is 5.91 Å². The Morgan fingerprint density at radius 2 is 1.90 bits per heavy atom. The van der Waals surface area contributed by atoms with Gasteiger partial charge >= 0.3 is 12.0 Å². The van der Waals surface area contributed by atoms with Gasteiger partial charge in [-0.1, -0.05) is 13.8 Å². The van der Waals surface area contributed by atoms with Gasteiger partial charge in [-0.3, -0.25) is 14.9 Å². The third-order valence-electron chi connectivity index (χ3n) is 3.34. The third kappa shape index (κ3) is 3.93. The molecule has 21 heavy (non-hydrogen) atoms.